The number of aryl methyl sites for hydroxylation is 1. The van der Waals surface area contributed by atoms with Gasteiger partial charge in [-0.15, -0.1) is 0 Å². The molecule has 0 saturated heterocycles. The number of pyridine rings is 1. The second-order valence-corrected chi connectivity index (χ2v) is 5.17. The summed E-state index contributed by atoms with van der Waals surface area (Å²) in [5, 5.41) is 3.83. The minimum Gasteiger partial charge on any atom is -0.494 e. The van der Waals surface area contributed by atoms with Gasteiger partial charge in [0.25, 0.3) is 0 Å². The second-order valence-electron chi connectivity index (χ2n) is 5.17. The van der Waals surface area contributed by atoms with E-state index in [2.05, 4.69) is 10.3 Å². The zero-order valence-corrected chi connectivity index (χ0v) is 12.9. The molecule has 3 aromatic rings. The molecule has 3 rings (SSSR count). The Bertz CT molecular complexity index is 865. The molecule has 3 nitrogen and oxygen atoms in total. The third-order valence-electron chi connectivity index (χ3n) is 3.42. The number of rotatable bonds is 4. The van der Waals surface area contributed by atoms with Crippen molar-refractivity contribution in [3.8, 4) is 5.75 Å². The number of nitrogens with zero attached hydrogens (tertiary/aromatic N) is 1. The van der Waals surface area contributed by atoms with Gasteiger partial charge in [-0.2, -0.15) is 0 Å². The summed E-state index contributed by atoms with van der Waals surface area (Å²) in [6, 6.07) is 10.8. The molecule has 0 spiro atoms. The number of hydrogen-bond acceptors (Lipinski definition) is 3. The van der Waals surface area contributed by atoms with Gasteiger partial charge in [-0.25, -0.2) is 8.78 Å². The first-order valence-electron chi connectivity index (χ1n) is 7.33. The van der Waals surface area contributed by atoms with Gasteiger partial charge in [0.1, 0.15) is 17.4 Å². The molecule has 0 aliphatic rings. The maximum atomic E-state index is 13.9. The van der Waals surface area contributed by atoms with Gasteiger partial charge in [-0.05, 0) is 50.2 Å². The Kier molecular flexibility index (Phi) is 4.10. The molecule has 118 valence electrons. The van der Waals surface area contributed by atoms with Crippen LogP contribution in [0.4, 0.5) is 20.2 Å². The maximum absolute atomic E-state index is 13.9. The molecule has 0 bridgehead atoms. The Morgan fingerprint density at radius 2 is 1.87 bits per heavy atom. The van der Waals surface area contributed by atoms with Crippen LogP contribution >= 0.6 is 0 Å². The van der Waals surface area contributed by atoms with Crippen molar-refractivity contribution < 1.29 is 13.5 Å². The average Bonchev–Trinajstić information content (AvgIpc) is 2.51. The van der Waals surface area contributed by atoms with E-state index in [9.17, 15) is 8.78 Å². The Morgan fingerprint density at radius 1 is 1.04 bits per heavy atom. The summed E-state index contributed by atoms with van der Waals surface area (Å²) in [5.41, 5.74) is 2.48. The van der Waals surface area contributed by atoms with Crippen molar-refractivity contribution in [2.45, 2.75) is 13.8 Å². The van der Waals surface area contributed by atoms with Crippen LogP contribution in [0.5, 0.6) is 5.75 Å². The number of halogens is 2. The monoisotopic (exact) mass is 314 g/mol. The lowest BCUT2D eigenvalue weighted by molar-refractivity contribution is 0.340. The first-order valence-corrected chi connectivity index (χ1v) is 7.33. The molecular formula is C18H16F2N2O. The van der Waals surface area contributed by atoms with Crippen molar-refractivity contribution >= 4 is 22.3 Å². The molecule has 0 atom stereocenters. The van der Waals surface area contributed by atoms with E-state index < -0.39 is 11.6 Å². The zero-order valence-electron chi connectivity index (χ0n) is 12.9. The zero-order chi connectivity index (χ0) is 16.4. The minimum atomic E-state index is -0.645. The van der Waals surface area contributed by atoms with Crippen molar-refractivity contribution in [2.75, 3.05) is 11.9 Å². The second kappa shape index (κ2) is 6.20. The highest BCUT2D eigenvalue weighted by Crippen LogP contribution is 2.30. The van der Waals surface area contributed by atoms with Crippen molar-refractivity contribution in [1.29, 1.82) is 0 Å². The Hall–Kier alpha value is -2.69. The van der Waals surface area contributed by atoms with Crippen molar-refractivity contribution in [3.05, 3.63) is 59.8 Å². The highest BCUT2D eigenvalue weighted by molar-refractivity contribution is 5.94. The number of nitrogens with one attached hydrogen (secondary N) is 1. The molecule has 1 heterocycles. The molecule has 2 aromatic carbocycles. The summed E-state index contributed by atoms with van der Waals surface area (Å²) in [6.07, 6.45) is 0. The third-order valence-corrected chi connectivity index (χ3v) is 3.42. The summed E-state index contributed by atoms with van der Waals surface area (Å²) in [4.78, 5) is 4.47. The fourth-order valence-corrected chi connectivity index (χ4v) is 2.43. The van der Waals surface area contributed by atoms with Gasteiger partial charge in [0.15, 0.2) is 0 Å². The van der Waals surface area contributed by atoms with Gasteiger partial charge in [-0.1, -0.05) is 0 Å². The van der Waals surface area contributed by atoms with Crippen LogP contribution in [-0.2, 0) is 0 Å². The predicted molar refractivity (Wildman–Crippen MR) is 87.3 cm³/mol. The topological polar surface area (TPSA) is 34.1 Å². The van der Waals surface area contributed by atoms with Gasteiger partial charge in [0.05, 0.1) is 17.8 Å². The van der Waals surface area contributed by atoms with Crippen LogP contribution in [0, 0.1) is 18.6 Å². The van der Waals surface area contributed by atoms with E-state index in [1.807, 2.05) is 38.1 Å². The molecule has 1 N–H and O–H groups in total. The molecule has 23 heavy (non-hydrogen) atoms. The van der Waals surface area contributed by atoms with Gasteiger partial charge >= 0.3 is 0 Å². The van der Waals surface area contributed by atoms with Crippen LogP contribution in [0.3, 0.4) is 0 Å². The first kappa shape index (κ1) is 15.2. The summed E-state index contributed by atoms with van der Waals surface area (Å²) in [5.74, 6) is -0.538. The predicted octanol–water partition coefficient (Wildman–Crippen LogP) is 4.96. The van der Waals surface area contributed by atoms with Gasteiger partial charge in [0.2, 0.25) is 0 Å². The minimum absolute atomic E-state index is 0.208. The molecule has 0 radical (unpaired) electrons. The fourth-order valence-electron chi connectivity index (χ4n) is 2.43. The van der Waals surface area contributed by atoms with Gasteiger partial charge in [-0.3, -0.25) is 4.98 Å². The van der Waals surface area contributed by atoms with E-state index in [0.29, 0.717) is 18.0 Å². The normalized spacial score (nSPS) is 10.8. The lowest BCUT2D eigenvalue weighted by Crippen LogP contribution is -1.98. The highest BCUT2D eigenvalue weighted by Gasteiger charge is 2.09. The smallest absolute Gasteiger partial charge is 0.149 e. The van der Waals surface area contributed by atoms with Crippen LogP contribution in [-0.4, -0.2) is 11.6 Å². The van der Waals surface area contributed by atoms with Crippen LogP contribution in [0.15, 0.2) is 42.5 Å². The molecule has 1 aromatic heterocycles. The van der Waals surface area contributed by atoms with Crippen LogP contribution < -0.4 is 10.1 Å². The van der Waals surface area contributed by atoms with E-state index >= 15 is 0 Å². The average molecular weight is 314 g/mol. The molecular weight excluding hydrogens is 298 g/mol. The largest absolute Gasteiger partial charge is 0.494 e. The van der Waals surface area contributed by atoms with E-state index in [-0.39, 0.29) is 5.69 Å². The summed E-state index contributed by atoms with van der Waals surface area (Å²) in [7, 11) is 0. The molecule has 0 aliphatic heterocycles. The third kappa shape index (κ3) is 3.23. The molecule has 0 aliphatic carbocycles. The van der Waals surface area contributed by atoms with Crippen LogP contribution in [0.25, 0.3) is 10.9 Å². The number of ether oxygens (including phenoxy) is 1. The fraction of sp³-hybridized carbons (Fsp3) is 0.167. The van der Waals surface area contributed by atoms with Crippen LogP contribution in [0.1, 0.15) is 12.6 Å². The number of aromatic nitrogens is 1. The van der Waals surface area contributed by atoms with Gasteiger partial charge < -0.3 is 10.1 Å². The first-order chi connectivity index (χ1) is 11.1. The number of anilines is 2. The van der Waals surface area contributed by atoms with Crippen molar-refractivity contribution in [2.24, 2.45) is 0 Å². The highest BCUT2D eigenvalue weighted by atomic mass is 19.1. The standard InChI is InChI=1S/C18H16F2N2O/c1-3-23-13-5-7-16-14(10-13)18(8-11(2)21-16)22-17-6-4-12(19)9-15(17)20/h4-10H,3H2,1-2H3,(H,21,22). The number of benzene rings is 2. The number of fused-ring (bicyclic) bond motifs is 1. The van der Waals surface area contributed by atoms with E-state index in [0.717, 1.165) is 22.7 Å². The van der Waals surface area contributed by atoms with E-state index in [1.165, 1.54) is 12.1 Å². The van der Waals surface area contributed by atoms with Gasteiger partial charge in [0, 0.05) is 22.8 Å². The van der Waals surface area contributed by atoms with Crippen molar-refractivity contribution in [3.63, 3.8) is 0 Å². The molecule has 0 saturated carbocycles. The molecule has 5 heteroatoms. The SMILES string of the molecule is CCOc1ccc2nc(C)cc(Nc3ccc(F)cc3F)c2c1. The summed E-state index contributed by atoms with van der Waals surface area (Å²) < 4.78 is 32.5. The lowest BCUT2D eigenvalue weighted by Gasteiger charge is -2.13. The van der Waals surface area contributed by atoms with E-state index in [1.54, 1.807) is 0 Å². The van der Waals surface area contributed by atoms with Crippen molar-refractivity contribution in [1.82, 2.24) is 4.98 Å². The molecule has 0 fully saturated rings. The summed E-state index contributed by atoms with van der Waals surface area (Å²) in [6.45, 7) is 4.33. The van der Waals surface area contributed by atoms with E-state index in [4.69, 9.17) is 4.74 Å². The molecule has 0 unspecified atom stereocenters. The Morgan fingerprint density at radius 3 is 2.61 bits per heavy atom. The van der Waals surface area contributed by atoms with Crippen LogP contribution in [0.2, 0.25) is 0 Å². The molecule has 0 amide bonds. The Labute approximate surface area is 132 Å². The lowest BCUT2D eigenvalue weighted by atomic mass is 10.1. The maximum Gasteiger partial charge on any atom is 0.149 e. The quantitative estimate of drug-likeness (QED) is 0.739. The summed E-state index contributed by atoms with van der Waals surface area (Å²) >= 11 is 0. The number of hydrogen-bond donors (Lipinski definition) is 1. The Balaban J connectivity index is 2.09.